The Morgan fingerprint density at radius 2 is 2.03 bits per heavy atom. The smallest absolute Gasteiger partial charge is 0.332 e. The van der Waals surface area contributed by atoms with Crippen molar-refractivity contribution in [1.29, 1.82) is 0 Å². The van der Waals surface area contributed by atoms with Gasteiger partial charge in [0.15, 0.2) is 18.1 Å². The van der Waals surface area contributed by atoms with Crippen LogP contribution in [-0.2, 0) is 25.3 Å². The van der Waals surface area contributed by atoms with E-state index in [2.05, 4.69) is 10.3 Å². The first kappa shape index (κ1) is 19.7. The Bertz CT molecular complexity index is 1290. The Balaban J connectivity index is 1.51. The molecule has 1 amide bonds. The summed E-state index contributed by atoms with van der Waals surface area (Å²) in [6, 6.07) is 7.10. The lowest BCUT2D eigenvalue weighted by Crippen LogP contribution is -2.37. The average molecular weight is 410 g/mol. The predicted molar refractivity (Wildman–Crippen MR) is 111 cm³/mol. The van der Waals surface area contributed by atoms with Crippen LogP contribution in [0.2, 0.25) is 0 Å². The lowest BCUT2D eigenvalue weighted by molar-refractivity contribution is -0.118. The molecule has 0 bridgehead atoms. The number of hydrogen-bond donors (Lipinski definition) is 1. The molecule has 1 N–H and O–H groups in total. The van der Waals surface area contributed by atoms with Crippen molar-refractivity contribution in [2.75, 3.05) is 11.9 Å². The normalized spacial score (nSPS) is 14.3. The van der Waals surface area contributed by atoms with Gasteiger partial charge in [-0.3, -0.25) is 18.7 Å². The number of rotatable bonds is 4. The fourth-order valence-corrected chi connectivity index (χ4v) is 3.58. The molecule has 1 aliphatic rings. The number of aromatic nitrogens is 3. The fourth-order valence-electron chi connectivity index (χ4n) is 3.58. The van der Waals surface area contributed by atoms with E-state index in [1.54, 1.807) is 6.07 Å². The second kappa shape index (κ2) is 7.01. The second-order valence-corrected chi connectivity index (χ2v) is 7.92. The molecule has 0 unspecified atom stereocenters. The van der Waals surface area contributed by atoms with Crippen molar-refractivity contribution in [3.05, 3.63) is 56.9 Å². The highest BCUT2D eigenvalue weighted by molar-refractivity contribution is 5.93. The maximum Gasteiger partial charge on any atom is 0.332 e. The lowest BCUT2D eigenvalue weighted by atomic mass is 10.0. The van der Waals surface area contributed by atoms with Gasteiger partial charge in [-0.15, -0.1) is 0 Å². The maximum absolute atomic E-state index is 12.4. The van der Waals surface area contributed by atoms with Crippen LogP contribution >= 0.6 is 0 Å². The number of carbonyl (C=O) groups is 1. The van der Waals surface area contributed by atoms with Crippen molar-refractivity contribution in [3.63, 3.8) is 0 Å². The van der Waals surface area contributed by atoms with Crippen LogP contribution in [0.5, 0.6) is 11.5 Å². The molecular formula is C21H22N4O5. The van der Waals surface area contributed by atoms with E-state index in [0.29, 0.717) is 17.2 Å². The molecule has 9 heteroatoms. The molecule has 1 aromatic carbocycles. The average Bonchev–Trinajstić information content (AvgIpc) is 3.03. The first-order valence-corrected chi connectivity index (χ1v) is 9.45. The van der Waals surface area contributed by atoms with Crippen LogP contribution in [0.15, 0.2) is 40.1 Å². The minimum atomic E-state index is -0.479. The van der Waals surface area contributed by atoms with Crippen molar-refractivity contribution < 1.29 is 14.3 Å². The number of nitrogens with zero attached hydrogens (tertiary/aromatic N) is 3. The van der Waals surface area contributed by atoms with Gasteiger partial charge in [-0.2, -0.15) is 0 Å². The molecule has 3 aromatic rings. The Morgan fingerprint density at radius 1 is 1.27 bits per heavy atom. The zero-order chi connectivity index (χ0) is 21.6. The standard InChI is InChI=1S/C21H22N4O5/c1-21(2)9-12-6-5-7-15(17(12)30-21)29-11-16(26)23-13-8-14-18(22-10-13)24(3)20(28)25(4)19(14)27/h5-8,10H,9,11H2,1-4H3,(H,23,26). The second-order valence-electron chi connectivity index (χ2n) is 7.92. The third-order valence-corrected chi connectivity index (χ3v) is 4.99. The van der Waals surface area contributed by atoms with Gasteiger partial charge in [-0.1, -0.05) is 12.1 Å². The first-order valence-electron chi connectivity index (χ1n) is 9.45. The van der Waals surface area contributed by atoms with Gasteiger partial charge < -0.3 is 14.8 Å². The van der Waals surface area contributed by atoms with Gasteiger partial charge >= 0.3 is 5.69 Å². The van der Waals surface area contributed by atoms with E-state index >= 15 is 0 Å². The van der Waals surface area contributed by atoms with Crippen molar-refractivity contribution in [2.45, 2.75) is 25.9 Å². The third kappa shape index (κ3) is 3.42. The summed E-state index contributed by atoms with van der Waals surface area (Å²) < 4.78 is 13.9. The van der Waals surface area contributed by atoms with Crippen LogP contribution in [0.25, 0.3) is 11.0 Å². The van der Waals surface area contributed by atoms with Crippen molar-refractivity contribution in [1.82, 2.24) is 14.1 Å². The molecule has 3 heterocycles. The van der Waals surface area contributed by atoms with Crippen LogP contribution in [0, 0.1) is 0 Å². The highest BCUT2D eigenvalue weighted by Gasteiger charge is 2.32. The topological polar surface area (TPSA) is 104 Å². The van der Waals surface area contributed by atoms with Crippen LogP contribution in [0.3, 0.4) is 0 Å². The molecule has 30 heavy (non-hydrogen) atoms. The molecule has 0 aliphatic carbocycles. The molecule has 2 aromatic heterocycles. The predicted octanol–water partition coefficient (Wildman–Crippen LogP) is 1.36. The zero-order valence-electron chi connectivity index (χ0n) is 17.2. The van der Waals surface area contributed by atoms with Crippen LogP contribution in [-0.4, -0.2) is 32.2 Å². The van der Waals surface area contributed by atoms with Crippen LogP contribution < -0.4 is 26.0 Å². The van der Waals surface area contributed by atoms with E-state index < -0.39 is 17.2 Å². The van der Waals surface area contributed by atoms with Gasteiger partial charge in [0.05, 0.1) is 17.3 Å². The molecule has 0 radical (unpaired) electrons. The van der Waals surface area contributed by atoms with Crippen molar-refractivity contribution in [3.8, 4) is 11.5 Å². The zero-order valence-corrected chi connectivity index (χ0v) is 17.2. The van der Waals surface area contributed by atoms with Gasteiger partial charge in [0.2, 0.25) is 0 Å². The van der Waals surface area contributed by atoms with Gasteiger partial charge in [-0.25, -0.2) is 9.78 Å². The van der Waals surface area contributed by atoms with Gasteiger partial charge in [0.25, 0.3) is 11.5 Å². The molecular weight excluding hydrogens is 388 g/mol. The quantitative estimate of drug-likeness (QED) is 0.697. The fraction of sp³-hybridized carbons (Fsp3) is 0.333. The summed E-state index contributed by atoms with van der Waals surface area (Å²) in [5, 5.41) is 2.90. The number of anilines is 1. The summed E-state index contributed by atoms with van der Waals surface area (Å²) in [6.07, 6.45) is 2.16. The molecule has 0 saturated heterocycles. The number of pyridine rings is 1. The van der Waals surface area contributed by atoms with Crippen LogP contribution in [0.4, 0.5) is 5.69 Å². The van der Waals surface area contributed by atoms with Crippen LogP contribution in [0.1, 0.15) is 19.4 Å². The number of hydrogen-bond acceptors (Lipinski definition) is 6. The van der Waals surface area contributed by atoms with E-state index in [4.69, 9.17) is 9.47 Å². The monoisotopic (exact) mass is 410 g/mol. The van der Waals surface area contributed by atoms with Gasteiger partial charge in [0, 0.05) is 26.1 Å². The summed E-state index contributed by atoms with van der Waals surface area (Å²) in [7, 11) is 2.93. The Labute approximate surface area is 171 Å². The summed E-state index contributed by atoms with van der Waals surface area (Å²) in [5.74, 6) is 0.758. The maximum atomic E-state index is 12.4. The summed E-state index contributed by atoms with van der Waals surface area (Å²) in [5.41, 5.74) is 0.365. The minimum absolute atomic E-state index is 0.231. The molecule has 1 aliphatic heterocycles. The van der Waals surface area contributed by atoms with E-state index in [-0.39, 0.29) is 23.2 Å². The Morgan fingerprint density at radius 3 is 2.80 bits per heavy atom. The minimum Gasteiger partial charge on any atom is -0.483 e. The first-order chi connectivity index (χ1) is 14.2. The number of para-hydroxylation sites is 1. The van der Waals surface area contributed by atoms with Gasteiger partial charge in [0.1, 0.15) is 11.2 Å². The molecule has 0 fully saturated rings. The number of ether oxygens (including phenoxy) is 2. The molecule has 0 saturated carbocycles. The molecule has 9 nitrogen and oxygen atoms in total. The largest absolute Gasteiger partial charge is 0.483 e. The van der Waals surface area contributed by atoms with Crippen molar-refractivity contribution >= 4 is 22.6 Å². The molecule has 0 atom stereocenters. The number of amides is 1. The number of fused-ring (bicyclic) bond motifs is 2. The summed E-state index contributed by atoms with van der Waals surface area (Å²) >= 11 is 0. The lowest BCUT2D eigenvalue weighted by Gasteiger charge is -2.18. The molecule has 156 valence electrons. The van der Waals surface area contributed by atoms with E-state index in [1.807, 2.05) is 26.0 Å². The molecule has 0 spiro atoms. The number of carbonyl (C=O) groups excluding carboxylic acids is 1. The van der Waals surface area contributed by atoms with Crippen molar-refractivity contribution in [2.24, 2.45) is 14.1 Å². The number of aryl methyl sites for hydroxylation is 1. The Kier molecular flexibility index (Phi) is 4.60. The highest BCUT2D eigenvalue weighted by Crippen LogP contribution is 2.41. The summed E-state index contributed by atoms with van der Waals surface area (Å²) in [6.45, 7) is 3.76. The van der Waals surface area contributed by atoms with E-state index in [1.165, 1.54) is 30.9 Å². The third-order valence-electron chi connectivity index (χ3n) is 4.99. The summed E-state index contributed by atoms with van der Waals surface area (Å²) in [4.78, 5) is 40.9. The van der Waals surface area contributed by atoms with E-state index in [9.17, 15) is 14.4 Å². The SMILES string of the molecule is Cn1c(=O)c2cc(NC(=O)COc3cccc4c3OC(C)(C)C4)cnc2n(C)c1=O. The number of benzene rings is 1. The Hall–Kier alpha value is -3.62. The van der Waals surface area contributed by atoms with Gasteiger partial charge in [-0.05, 0) is 26.0 Å². The highest BCUT2D eigenvalue weighted by atomic mass is 16.5. The van der Waals surface area contributed by atoms with E-state index in [0.717, 1.165) is 16.6 Å². The number of nitrogens with one attached hydrogen (secondary N) is 1. The molecule has 4 rings (SSSR count).